The molecule has 2 aromatic rings. The smallest absolute Gasteiger partial charge is 0.330 e. The van der Waals surface area contributed by atoms with Crippen molar-refractivity contribution in [3.63, 3.8) is 0 Å². The van der Waals surface area contributed by atoms with E-state index < -0.39 is 12.0 Å². The predicted molar refractivity (Wildman–Crippen MR) is 66.2 cm³/mol. The summed E-state index contributed by atoms with van der Waals surface area (Å²) in [6, 6.07) is 4.14. The number of aliphatic carboxylic acids is 1. The molecule has 19 heavy (non-hydrogen) atoms. The fraction of sp³-hybridized carbons (Fsp3) is 0.167. The van der Waals surface area contributed by atoms with Crippen molar-refractivity contribution < 1.29 is 9.90 Å². The first kappa shape index (κ1) is 12.6. The molecule has 1 unspecified atom stereocenters. The number of carboxylic acids is 1. The fourth-order valence-electron chi connectivity index (χ4n) is 1.62. The third-order valence-electron chi connectivity index (χ3n) is 2.51. The van der Waals surface area contributed by atoms with Crippen LogP contribution in [0.3, 0.4) is 0 Å². The summed E-state index contributed by atoms with van der Waals surface area (Å²) in [6.45, 7) is 0. The summed E-state index contributed by atoms with van der Waals surface area (Å²) in [5.74, 6) is -0.830. The number of hydrogen-bond donors (Lipinski definition) is 2. The number of anilines is 1. The summed E-state index contributed by atoms with van der Waals surface area (Å²) in [7, 11) is 1.70. The van der Waals surface area contributed by atoms with Gasteiger partial charge >= 0.3 is 5.97 Å². The molecule has 7 heteroatoms. The van der Waals surface area contributed by atoms with Crippen LogP contribution in [0, 0.1) is 11.3 Å². The molecule has 0 aromatic carbocycles. The van der Waals surface area contributed by atoms with E-state index in [2.05, 4.69) is 15.4 Å². The minimum Gasteiger partial charge on any atom is -0.479 e. The summed E-state index contributed by atoms with van der Waals surface area (Å²) in [5, 5.41) is 24.9. The molecule has 1 atom stereocenters. The molecule has 0 aliphatic carbocycles. The molecule has 2 N–H and O–H groups in total. The van der Waals surface area contributed by atoms with E-state index in [4.69, 9.17) is 5.26 Å². The van der Waals surface area contributed by atoms with E-state index in [1.165, 1.54) is 17.1 Å². The van der Waals surface area contributed by atoms with Gasteiger partial charge < -0.3 is 10.4 Å². The van der Waals surface area contributed by atoms with Crippen LogP contribution in [-0.2, 0) is 11.8 Å². The van der Waals surface area contributed by atoms with Gasteiger partial charge in [-0.2, -0.15) is 10.4 Å². The number of pyridine rings is 1. The molecule has 7 nitrogen and oxygen atoms in total. The molecule has 0 bridgehead atoms. The van der Waals surface area contributed by atoms with E-state index in [1.807, 2.05) is 6.07 Å². The molecular weight excluding hydrogens is 246 g/mol. The molecule has 96 valence electrons. The largest absolute Gasteiger partial charge is 0.479 e. The molecule has 0 spiro atoms. The lowest BCUT2D eigenvalue weighted by atomic mass is 10.1. The molecular formula is C12H11N5O2. The van der Waals surface area contributed by atoms with Crippen LogP contribution >= 0.6 is 0 Å². The quantitative estimate of drug-likeness (QED) is 0.844. The number of rotatable bonds is 4. The van der Waals surface area contributed by atoms with Gasteiger partial charge in [-0.05, 0) is 12.1 Å². The molecule has 0 saturated carbocycles. The van der Waals surface area contributed by atoms with Gasteiger partial charge in [0.15, 0.2) is 6.04 Å². The van der Waals surface area contributed by atoms with Crippen molar-refractivity contribution in [3.05, 3.63) is 41.9 Å². The zero-order valence-electron chi connectivity index (χ0n) is 10.1. The zero-order valence-corrected chi connectivity index (χ0v) is 10.1. The summed E-state index contributed by atoms with van der Waals surface area (Å²) in [4.78, 5) is 15.3. The third kappa shape index (κ3) is 2.69. The first-order valence-electron chi connectivity index (χ1n) is 5.45. The molecule has 0 aliphatic rings. The first-order chi connectivity index (χ1) is 9.11. The van der Waals surface area contributed by atoms with Gasteiger partial charge in [0.2, 0.25) is 0 Å². The van der Waals surface area contributed by atoms with E-state index in [0.29, 0.717) is 5.56 Å². The van der Waals surface area contributed by atoms with Crippen LogP contribution in [0.15, 0.2) is 30.7 Å². The Bertz CT molecular complexity index is 644. The van der Waals surface area contributed by atoms with E-state index in [1.54, 1.807) is 25.4 Å². The third-order valence-corrected chi connectivity index (χ3v) is 2.51. The van der Waals surface area contributed by atoms with E-state index >= 15 is 0 Å². The highest BCUT2D eigenvalue weighted by atomic mass is 16.4. The van der Waals surface area contributed by atoms with Crippen molar-refractivity contribution in [3.8, 4) is 6.07 Å². The molecule has 0 saturated heterocycles. The van der Waals surface area contributed by atoms with Crippen LogP contribution in [0.5, 0.6) is 0 Å². The molecule has 2 rings (SSSR count). The van der Waals surface area contributed by atoms with E-state index in [0.717, 1.165) is 0 Å². The number of nitriles is 1. The lowest BCUT2D eigenvalue weighted by molar-refractivity contribution is -0.138. The molecule has 0 amide bonds. The monoisotopic (exact) mass is 257 g/mol. The van der Waals surface area contributed by atoms with Crippen molar-refractivity contribution >= 4 is 11.8 Å². The van der Waals surface area contributed by atoms with Crippen LogP contribution < -0.4 is 5.32 Å². The fourth-order valence-corrected chi connectivity index (χ4v) is 1.62. The Morgan fingerprint density at radius 1 is 1.63 bits per heavy atom. The number of carboxylic acid groups (broad SMARTS) is 1. The van der Waals surface area contributed by atoms with Crippen molar-refractivity contribution in [2.45, 2.75) is 6.04 Å². The van der Waals surface area contributed by atoms with Crippen molar-refractivity contribution in [2.75, 3.05) is 5.32 Å². The highest BCUT2D eigenvalue weighted by Gasteiger charge is 2.22. The minimum atomic E-state index is -1.07. The topological polar surface area (TPSA) is 104 Å². The number of hydrogen-bond acceptors (Lipinski definition) is 5. The number of aryl methyl sites for hydroxylation is 1. The van der Waals surface area contributed by atoms with Gasteiger partial charge in [-0.1, -0.05) is 0 Å². The van der Waals surface area contributed by atoms with Gasteiger partial charge in [0, 0.05) is 25.0 Å². The van der Waals surface area contributed by atoms with Crippen LogP contribution in [0.25, 0.3) is 0 Å². The Labute approximate surface area is 109 Å². The van der Waals surface area contributed by atoms with Crippen molar-refractivity contribution in [2.24, 2.45) is 7.05 Å². The number of nitrogens with zero attached hydrogens (tertiary/aromatic N) is 4. The summed E-state index contributed by atoms with van der Waals surface area (Å²) in [5.41, 5.74) is 0.780. The standard InChI is InChI=1S/C12H11N5O2/c1-17-7-9(6-15-17)10(12(18)19)16-11-8(5-13)3-2-4-14-11/h2-4,6-7,10H,1H3,(H,14,16)(H,18,19). The predicted octanol–water partition coefficient (Wildman–Crippen LogP) is 0.925. The van der Waals surface area contributed by atoms with Crippen molar-refractivity contribution in [1.29, 1.82) is 5.26 Å². The molecule has 0 radical (unpaired) electrons. The Morgan fingerprint density at radius 2 is 2.42 bits per heavy atom. The molecule has 2 heterocycles. The van der Waals surface area contributed by atoms with E-state index in [9.17, 15) is 9.90 Å². The SMILES string of the molecule is Cn1cc(C(Nc2ncccc2C#N)C(=O)O)cn1. The average molecular weight is 257 g/mol. The normalized spacial score (nSPS) is 11.6. The lowest BCUT2D eigenvalue weighted by Gasteiger charge is -2.14. The number of aromatic nitrogens is 3. The molecule has 0 aliphatic heterocycles. The minimum absolute atomic E-state index is 0.237. The van der Waals surface area contributed by atoms with Gasteiger partial charge in [0.05, 0.1) is 11.8 Å². The Hall–Kier alpha value is -2.88. The first-order valence-corrected chi connectivity index (χ1v) is 5.45. The van der Waals surface area contributed by atoms with Gasteiger partial charge in [-0.15, -0.1) is 0 Å². The maximum Gasteiger partial charge on any atom is 0.330 e. The van der Waals surface area contributed by atoms with Gasteiger partial charge in [-0.3, -0.25) is 4.68 Å². The number of nitrogens with one attached hydrogen (secondary N) is 1. The maximum atomic E-state index is 11.3. The molecule has 2 aromatic heterocycles. The second-order valence-corrected chi connectivity index (χ2v) is 3.87. The summed E-state index contributed by atoms with van der Waals surface area (Å²) >= 11 is 0. The maximum absolute atomic E-state index is 11.3. The zero-order chi connectivity index (χ0) is 13.8. The highest BCUT2D eigenvalue weighted by molar-refractivity contribution is 5.79. The summed E-state index contributed by atoms with van der Waals surface area (Å²) < 4.78 is 1.51. The van der Waals surface area contributed by atoms with Gasteiger partial charge in [-0.25, -0.2) is 9.78 Å². The van der Waals surface area contributed by atoms with E-state index in [-0.39, 0.29) is 11.4 Å². The highest BCUT2D eigenvalue weighted by Crippen LogP contribution is 2.20. The lowest BCUT2D eigenvalue weighted by Crippen LogP contribution is -2.21. The number of carbonyl (C=O) groups is 1. The van der Waals surface area contributed by atoms with Crippen LogP contribution in [-0.4, -0.2) is 25.8 Å². The Morgan fingerprint density at radius 3 is 3.00 bits per heavy atom. The van der Waals surface area contributed by atoms with Crippen molar-refractivity contribution in [1.82, 2.24) is 14.8 Å². The Balaban J connectivity index is 2.32. The molecule has 0 fully saturated rings. The van der Waals surface area contributed by atoms with Gasteiger partial charge in [0.1, 0.15) is 11.9 Å². The summed E-state index contributed by atoms with van der Waals surface area (Å²) in [6.07, 6.45) is 4.55. The van der Waals surface area contributed by atoms with Crippen LogP contribution in [0.4, 0.5) is 5.82 Å². The van der Waals surface area contributed by atoms with Gasteiger partial charge in [0.25, 0.3) is 0 Å². The van der Waals surface area contributed by atoms with Crippen LogP contribution in [0.2, 0.25) is 0 Å². The average Bonchev–Trinajstić information content (AvgIpc) is 2.82. The second kappa shape index (κ2) is 5.18. The van der Waals surface area contributed by atoms with Crippen LogP contribution in [0.1, 0.15) is 17.2 Å². The second-order valence-electron chi connectivity index (χ2n) is 3.87. The Kier molecular flexibility index (Phi) is 3.43.